The van der Waals surface area contributed by atoms with E-state index in [1.807, 2.05) is 24.3 Å². The Hall–Kier alpha value is -5.50. The molecule has 7 atom stereocenters. The van der Waals surface area contributed by atoms with Crippen LogP contribution in [0.5, 0.6) is 0 Å². The van der Waals surface area contributed by atoms with Crippen molar-refractivity contribution >= 4 is 47.4 Å². The maximum Gasteiger partial charge on any atom is 0.326 e. The van der Waals surface area contributed by atoms with Crippen LogP contribution in [-0.2, 0) is 41.7 Å². The van der Waals surface area contributed by atoms with Gasteiger partial charge in [-0.05, 0) is 74.8 Å². The standard InChI is InChI=1S/C43H68N12O8/c44-29(15-10-20-49-41(45)46)35(57)51-30(16-11-21-50-42(47)48)36(58)53-43(18-8-2-1-3-9-19-43)40(63)52-31(25-56)37(59)54-24-28-14-5-4-12-26(28)22-33(54)38(60)55-32-17-7-6-13-27(32)23-34(55)39(61)62/h4-5,12,14,27,29-34,56H,1-3,6-11,13,15-25,44H2,(H,51,57)(H,52,63)(H,53,58)(H,61,62)(H4,45,46,49)(H4,47,48,50)/t27-,29+,30-,31-,32-,33+,34?/m0/s1. The van der Waals surface area contributed by atoms with Crippen LogP contribution in [0, 0.1) is 5.92 Å². The van der Waals surface area contributed by atoms with E-state index < -0.39 is 77.9 Å². The van der Waals surface area contributed by atoms with Gasteiger partial charge >= 0.3 is 5.97 Å². The molecule has 0 radical (unpaired) electrons. The van der Waals surface area contributed by atoms with Gasteiger partial charge in [0.15, 0.2) is 11.9 Å². The van der Waals surface area contributed by atoms with Crippen LogP contribution in [0.15, 0.2) is 34.3 Å². The molecule has 1 aromatic rings. The van der Waals surface area contributed by atoms with E-state index in [0.717, 1.165) is 49.7 Å². The molecule has 348 valence electrons. The molecule has 20 nitrogen and oxygen atoms in total. The Balaban J connectivity index is 1.39. The largest absolute Gasteiger partial charge is 0.480 e. The first-order chi connectivity index (χ1) is 30.1. The summed E-state index contributed by atoms with van der Waals surface area (Å²) in [5.41, 5.74) is 28.1. The zero-order valence-electron chi connectivity index (χ0n) is 36.2. The molecule has 3 fully saturated rings. The van der Waals surface area contributed by atoms with E-state index in [2.05, 4.69) is 25.9 Å². The molecule has 0 bridgehead atoms. The Morgan fingerprint density at radius 1 is 0.778 bits per heavy atom. The van der Waals surface area contributed by atoms with Crippen molar-refractivity contribution in [2.24, 2.45) is 44.6 Å². The molecular formula is C43H68N12O8. The molecular weight excluding hydrogens is 813 g/mol. The number of rotatable bonds is 18. The number of aliphatic carboxylic acids is 1. The highest BCUT2D eigenvalue weighted by Gasteiger charge is 2.51. The highest BCUT2D eigenvalue weighted by Crippen LogP contribution is 2.41. The number of fused-ring (bicyclic) bond motifs is 2. The zero-order chi connectivity index (χ0) is 45.7. The third-order valence-electron chi connectivity index (χ3n) is 13.1. The first-order valence-electron chi connectivity index (χ1n) is 22.5. The number of hydrogen-bond acceptors (Lipinski definition) is 10. The number of amides is 5. The van der Waals surface area contributed by atoms with Crippen LogP contribution in [0.25, 0.3) is 0 Å². The van der Waals surface area contributed by atoms with E-state index in [1.54, 1.807) is 0 Å². The predicted octanol–water partition coefficient (Wildman–Crippen LogP) is -0.820. The van der Waals surface area contributed by atoms with Gasteiger partial charge in [-0.3, -0.25) is 34.0 Å². The molecule has 2 aliphatic heterocycles. The summed E-state index contributed by atoms with van der Waals surface area (Å²) in [7, 11) is 0. The summed E-state index contributed by atoms with van der Waals surface area (Å²) >= 11 is 0. The molecule has 4 aliphatic rings. The van der Waals surface area contributed by atoms with Gasteiger partial charge in [0, 0.05) is 32.1 Å². The van der Waals surface area contributed by atoms with Crippen LogP contribution in [0.2, 0.25) is 0 Å². The fourth-order valence-corrected chi connectivity index (χ4v) is 9.77. The molecule has 5 rings (SSSR count). The normalized spacial score (nSPS) is 23.2. The Bertz CT molecular complexity index is 1840. The quantitative estimate of drug-likeness (QED) is 0.0490. The number of guanidine groups is 2. The average Bonchev–Trinajstić information content (AvgIpc) is 3.65. The number of aliphatic imine (C=N–C) groups is 2. The number of nitrogens with two attached hydrogens (primary N) is 5. The number of aliphatic hydroxyl groups is 1. The van der Waals surface area contributed by atoms with Crippen molar-refractivity contribution in [1.82, 2.24) is 25.8 Å². The van der Waals surface area contributed by atoms with Gasteiger partial charge < -0.3 is 64.6 Å². The summed E-state index contributed by atoms with van der Waals surface area (Å²) in [5.74, 6) is -4.38. The number of nitrogens with zero attached hydrogens (tertiary/aromatic N) is 4. The van der Waals surface area contributed by atoms with E-state index in [9.17, 15) is 39.0 Å². The van der Waals surface area contributed by atoms with Gasteiger partial charge in [-0.2, -0.15) is 0 Å². The second kappa shape index (κ2) is 22.7. The van der Waals surface area contributed by atoms with E-state index in [4.69, 9.17) is 28.7 Å². The number of aliphatic hydroxyl groups excluding tert-OH is 1. The molecule has 20 heteroatoms. The maximum absolute atomic E-state index is 14.7. The van der Waals surface area contributed by atoms with Crippen molar-refractivity contribution in [2.45, 2.75) is 157 Å². The molecule has 63 heavy (non-hydrogen) atoms. The van der Waals surface area contributed by atoms with E-state index in [1.165, 1.54) is 9.80 Å². The summed E-state index contributed by atoms with van der Waals surface area (Å²) in [5, 5.41) is 29.6. The minimum absolute atomic E-state index is 0.00299. The number of carboxylic acids is 1. The third kappa shape index (κ3) is 12.6. The van der Waals surface area contributed by atoms with E-state index >= 15 is 0 Å². The average molecular weight is 881 g/mol. The minimum Gasteiger partial charge on any atom is -0.480 e. The second-order valence-electron chi connectivity index (χ2n) is 17.5. The molecule has 2 aliphatic carbocycles. The summed E-state index contributed by atoms with van der Waals surface area (Å²) in [6, 6.07) is 1.37. The maximum atomic E-state index is 14.7. The first kappa shape index (κ1) is 48.5. The Kier molecular flexibility index (Phi) is 17.5. The summed E-state index contributed by atoms with van der Waals surface area (Å²) in [6.07, 6.45) is 8.87. The van der Waals surface area contributed by atoms with Crippen LogP contribution >= 0.6 is 0 Å². The van der Waals surface area contributed by atoms with Crippen molar-refractivity contribution in [3.63, 3.8) is 0 Å². The van der Waals surface area contributed by atoms with Gasteiger partial charge in [0.1, 0.15) is 29.7 Å². The minimum atomic E-state index is -1.54. The Morgan fingerprint density at radius 2 is 1.40 bits per heavy atom. The van der Waals surface area contributed by atoms with Crippen molar-refractivity contribution < 1.29 is 39.0 Å². The SMILES string of the molecule is NC(N)=NCCC[C@@H](N)C(=O)N[C@@H](CCCN=C(N)N)C(=O)NC1(C(=O)N[C@@H](CO)C(=O)N2Cc3ccccc3C[C@@H]2C(=O)N2C(C(=O)O)C[C@@H]3CCCC[C@@H]32)CCCCCCC1. The smallest absolute Gasteiger partial charge is 0.326 e. The molecule has 2 saturated carbocycles. The molecule has 1 aromatic carbocycles. The molecule has 5 amide bonds. The van der Waals surface area contributed by atoms with Crippen LogP contribution in [0.4, 0.5) is 0 Å². The van der Waals surface area contributed by atoms with Crippen molar-refractivity contribution in [3.8, 4) is 0 Å². The van der Waals surface area contributed by atoms with Gasteiger partial charge in [-0.1, -0.05) is 69.2 Å². The van der Waals surface area contributed by atoms with Crippen LogP contribution in [-0.4, -0.2) is 129 Å². The van der Waals surface area contributed by atoms with Gasteiger partial charge in [-0.25, -0.2) is 4.79 Å². The third-order valence-corrected chi connectivity index (χ3v) is 13.1. The first-order valence-corrected chi connectivity index (χ1v) is 22.5. The number of benzene rings is 1. The number of nitrogens with one attached hydrogen (secondary N) is 3. The molecule has 0 spiro atoms. The second-order valence-corrected chi connectivity index (χ2v) is 17.5. The fraction of sp³-hybridized carbons (Fsp3) is 0.674. The number of likely N-dealkylation sites (tertiary alicyclic amines) is 1. The van der Waals surface area contributed by atoms with Crippen LogP contribution in [0.1, 0.15) is 114 Å². The summed E-state index contributed by atoms with van der Waals surface area (Å²) in [4.78, 5) is 95.1. The highest BCUT2D eigenvalue weighted by atomic mass is 16.4. The van der Waals surface area contributed by atoms with Gasteiger partial charge in [0.05, 0.1) is 12.6 Å². The highest BCUT2D eigenvalue weighted by molar-refractivity contribution is 5.98. The van der Waals surface area contributed by atoms with Gasteiger partial charge in [0.25, 0.3) is 0 Å². The van der Waals surface area contributed by atoms with Gasteiger partial charge in [0.2, 0.25) is 29.5 Å². The molecule has 0 aromatic heterocycles. The number of hydrogen-bond donors (Lipinski definition) is 10. The van der Waals surface area contributed by atoms with Crippen LogP contribution in [0.3, 0.4) is 0 Å². The van der Waals surface area contributed by atoms with Crippen molar-refractivity contribution in [3.05, 3.63) is 35.4 Å². The monoisotopic (exact) mass is 881 g/mol. The van der Waals surface area contributed by atoms with E-state index in [-0.39, 0.29) is 75.6 Å². The van der Waals surface area contributed by atoms with Crippen molar-refractivity contribution in [1.29, 1.82) is 0 Å². The van der Waals surface area contributed by atoms with Gasteiger partial charge in [-0.15, -0.1) is 0 Å². The Morgan fingerprint density at radius 3 is 2.03 bits per heavy atom. The zero-order valence-corrected chi connectivity index (χ0v) is 36.2. The number of carbonyl (C=O) groups is 6. The lowest BCUT2D eigenvalue weighted by atomic mass is 9.82. The van der Waals surface area contributed by atoms with E-state index in [0.29, 0.717) is 38.5 Å². The topological polar surface area (TPSA) is 340 Å². The molecule has 1 unspecified atom stereocenters. The number of carboxylic acid groups (broad SMARTS) is 1. The lowest BCUT2D eigenvalue weighted by Crippen LogP contribution is -2.66. The van der Waals surface area contributed by atoms with Crippen molar-refractivity contribution in [2.75, 3.05) is 19.7 Å². The predicted molar refractivity (Wildman–Crippen MR) is 235 cm³/mol. The Labute approximate surface area is 368 Å². The molecule has 2 heterocycles. The van der Waals surface area contributed by atoms with Crippen LogP contribution < -0.4 is 44.6 Å². The summed E-state index contributed by atoms with van der Waals surface area (Å²) < 4.78 is 0. The lowest BCUT2D eigenvalue weighted by molar-refractivity contribution is -0.156. The molecule has 1 saturated heterocycles. The summed E-state index contributed by atoms with van der Waals surface area (Å²) in [6.45, 7) is -0.395. The lowest BCUT2D eigenvalue weighted by Gasteiger charge is -2.42. The number of carbonyl (C=O) groups excluding carboxylic acids is 5. The molecule has 15 N–H and O–H groups in total. The fourth-order valence-electron chi connectivity index (χ4n) is 9.77.